The van der Waals surface area contributed by atoms with Gasteiger partial charge in [0.2, 0.25) is 5.91 Å². The van der Waals surface area contributed by atoms with Crippen molar-refractivity contribution in [3.05, 3.63) is 34.9 Å². The Kier molecular flexibility index (Phi) is 4.51. The van der Waals surface area contributed by atoms with Crippen molar-refractivity contribution in [3.8, 4) is 0 Å². The van der Waals surface area contributed by atoms with Gasteiger partial charge >= 0.3 is 0 Å². The van der Waals surface area contributed by atoms with Gasteiger partial charge in [0.1, 0.15) is 0 Å². The van der Waals surface area contributed by atoms with E-state index in [2.05, 4.69) is 0 Å². The Balaban J connectivity index is 1.61. The monoisotopic (exact) mass is 307 g/mol. The van der Waals surface area contributed by atoms with Crippen molar-refractivity contribution >= 4 is 17.5 Å². The highest BCUT2D eigenvalue weighted by atomic mass is 35.5. The van der Waals surface area contributed by atoms with Crippen molar-refractivity contribution < 1.29 is 9.90 Å². The molecule has 1 aromatic rings. The molecule has 1 saturated carbocycles. The molecule has 21 heavy (non-hydrogen) atoms. The second-order valence-corrected chi connectivity index (χ2v) is 6.70. The van der Waals surface area contributed by atoms with Crippen molar-refractivity contribution in [1.82, 2.24) is 4.90 Å². The normalized spacial score (nSPS) is 23.9. The summed E-state index contributed by atoms with van der Waals surface area (Å²) >= 11 is 5.85. The highest BCUT2D eigenvalue weighted by molar-refractivity contribution is 6.30. The van der Waals surface area contributed by atoms with Crippen LogP contribution in [0.25, 0.3) is 0 Å². The summed E-state index contributed by atoms with van der Waals surface area (Å²) in [7, 11) is 0. The van der Waals surface area contributed by atoms with E-state index in [1.54, 1.807) is 24.3 Å². The summed E-state index contributed by atoms with van der Waals surface area (Å²) in [5.74, 6) is 0.788. The van der Waals surface area contributed by atoms with E-state index in [9.17, 15) is 9.90 Å². The molecule has 3 rings (SSSR count). The fraction of sp³-hybridized carbons (Fsp3) is 0.588. The largest absolute Gasteiger partial charge is 0.388 e. The smallest absolute Gasteiger partial charge is 0.225 e. The van der Waals surface area contributed by atoms with E-state index in [1.807, 2.05) is 4.90 Å². The topological polar surface area (TPSA) is 40.5 Å². The molecular formula is C17H22ClNO2. The molecule has 1 aliphatic carbocycles. The average Bonchev–Trinajstić information content (AvgIpc) is 2.86. The Bertz CT molecular complexity index is 498. The van der Waals surface area contributed by atoms with E-state index >= 15 is 0 Å². The Morgan fingerprint density at radius 2 is 1.95 bits per heavy atom. The molecule has 2 fully saturated rings. The molecule has 1 N–H and O–H groups in total. The summed E-state index contributed by atoms with van der Waals surface area (Å²) < 4.78 is 0. The highest BCUT2D eigenvalue weighted by Gasteiger charge is 2.37. The van der Waals surface area contributed by atoms with Gasteiger partial charge in [-0.05, 0) is 49.3 Å². The van der Waals surface area contributed by atoms with E-state index in [0.29, 0.717) is 17.0 Å². The average molecular weight is 308 g/mol. The van der Waals surface area contributed by atoms with Crippen LogP contribution in [-0.2, 0) is 4.79 Å². The lowest BCUT2D eigenvalue weighted by Gasteiger charge is -2.37. The van der Waals surface area contributed by atoms with E-state index in [0.717, 1.165) is 24.9 Å². The zero-order valence-electron chi connectivity index (χ0n) is 12.2. The van der Waals surface area contributed by atoms with Gasteiger partial charge < -0.3 is 10.0 Å². The van der Waals surface area contributed by atoms with Gasteiger partial charge in [-0.2, -0.15) is 0 Å². The number of benzene rings is 1. The van der Waals surface area contributed by atoms with E-state index < -0.39 is 6.10 Å². The van der Waals surface area contributed by atoms with Crippen LogP contribution in [0.2, 0.25) is 5.02 Å². The van der Waals surface area contributed by atoms with Crippen LogP contribution >= 0.6 is 11.6 Å². The van der Waals surface area contributed by atoms with Crippen LogP contribution in [0.15, 0.2) is 24.3 Å². The van der Waals surface area contributed by atoms with Crippen molar-refractivity contribution in [3.63, 3.8) is 0 Å². The number of likely N-dealkylation sites (tertiary alicyclic amines) is 1. The molecular weight excluding hydrogens is 286 g/mol. The summed E-state index contributed by atoms with van der Waals surface area (Å²) in [6.07, 6.45) is 5.48. The quantitative estimate of drug-likeness (QED) is 0.924. The third-order valence-corrected chi connectivity index (χ3v) is 5.19. The third-order valence-electron chi connectivity index (χ3n) is 4.94. The summed E-state index contributed by atoms with van der Waals surface area (Å²) in [5, 5.41) is 10.9. The fourth-order valence-corrected chi connectivity index (χ4v) is 3.63. The predicted octanol–water partition coefficient (Wildman–Crippen LogP) is 3.55. The number of amides is 1. The van der Waals surface area contributed by atoms with Gasteiger partial charge in [0.15, 0.2) is 0 Å². The Labute approximate surface area is 130 Å². The summed E-state index contributed by atoms with van der Waals surface area (Å²) in [6, 6.07) is 7.49. The lowest BCUT2D eigenvalue weighted by molar-refractivity contribution is -0.135. The van der Waals surface area contributed by atoms with Crippen LogP contribution in [0, 0.1) is 5.92 Å². The zero-order valence-corrected chi connectivity index (χ0v) is 12.9. The number of aliphatic hydroxyl groups excluding tert-OH is 1. The van der Waals surface area contributed by atoms with Gasteiger partial charge in [-0.3, -0.25) is 4.79 Å². The Morgan fingerprint density at radius 3 is 2.57 bits per heavy atom. The number of carbonyl (C=O) groups is 1. The minimum absolute atomic E-state index is 0.0897. The molecule has 114 valence electrons. The van der Waals surface area contributed by atoms with Crippen molar-refractivity contribution in [2.75, 3.05) is 6.54 Å². The number of carbonyl (C=O) groups excluding carboxylic acids is 1. The molecule has 3 nitrogen and oxygen atoms in total. The van der Waals surface area contributed by atoms with Gasteiger partial charge in [0.05, 0.1) is 12.5 Å². The van der Waals surface area contributed by atoms with Gasteiger partial charge in [-0.25, -0.2) is 0 Å². The van der Waals surface area contributed by atoms with Crippen LogP contribution in [0.1, 0.15) is 50.2 Å². The molecule has 0 spiro atoms. The van der Waals surface area contributed by atoms with Crippen LogP contribution in [-0.4, -0.2) is 28.5 Å². The number of aliphatic hydroxyl groups is 1. The predicted molar refractivity (Wildman–Crippen MR) is 83.1 cm³/mol. The molecule has 0 bridgehead atoms. The molecule has 0 aromatic heterocycles. The molecule has 4 heteroatoms. The minimum Gasteiger partial charge on any atom is -0.388 e. The van der Waals surface area contributed by atoms with Crippen LogP contribution < -0.4 is 0 Å². The van der Waals surface area contributed by atoms with E-state index in [-0.39, 0.29) is 12.3 Å². The molecule has 0 radical (unpaired) electrons. The minimum atomic E-state index is -0.739. The number of rotatable bonds is 4. The summed E-state index contributed by atoms with van der Waals surface area (Å²) in [6.45, 7) is 0.855. The van der Waals surface area contributed by atoms with Gasteiger partial charge in [0.25, 0.3) is 0 Å². The first-order chi connectivity index (χ1) is 10.1. The first-order valence-corrected chi connectivity index (χ1v) is 8.26. The van der Waals surface area contributed by atoms with E-state index in [1.165, 1.54) is 19.3 Å². The Hall–Kier alpha value is -1.06. The number of halogens is 1. The second-order valence-electron chi connectivity index (χ2n) is 6.26. The Morgan fingerprint density at radius 1 is 1.24 bits per heavy atom. The van der Waals surface area contributed by atoms with Crippen LogP contribution in [0.5, 0.6) is 0 Å². The lowest BCUT2D eigenvalue weighted by atomic mass is 9.78. The maximum absolute atomic E-state index is 12.5. The maximum Gasteiger partial charge on any atom is 0.225 e. The van der Waals surface area contributed by atoms with Gasteiger partial charge in [0, 0.05) is 17.6 Å². The highest BCUT2D eigenvalue weighted by Crippen LogP contribution is 2.37. The van der Waals surface area contributed by atoms with Gasteiger partial charge in [-0.15, -0.1) is 0 Å². The first kappa shape index (κ1) is 14.9. The number of hydrogen-bond donors (Lipinski definition) is 1. The summed E-state index contributed by atoms with van der Waals surface area (Å²) in [5.41, 5.74) is 0.757. The molecule has 1 amide bonds. The van der Waals surface area contributed by atoms with Crippen molar-refractivity contribution in [1.29, 1.82) is 0 Å². The third kappa shape index (κ3) is 3.24. The van der Waals surface area contributed by atoms with Gasteiger partial charge in [-0.1, -0.05) is 30.2 Å². The zero-order chi connectivity index (χ0) is 14.8. The molecule has 2 aliphatic rings. The maximum atomic E-state index is 12.5. The molecule has 1 saturated heterocycles. The van der Waals surface area contributed by atoms with Crippen LogP contribution in [0.3, 0.4) is 0 Å². The standard InChI is InChI=1S/C17H22ClNO2/c18-14-8-6-13(7-9-14)16(20)11-17(21)19-10-2-5-15(19)12-3-1-4-12/h6-9,12,15-16,20H,1-5,10-11H2. The molecule has 2 unspecified atom stereocenters. The fourth-order valence-electron chi connectivity index (χ4n) is 3.50. The first-order valence-electron chi connectivity index (χ1n) is 7.88. The van der Waals surface area contributed by atoms with E-state index in [4.69, 9.17) is 11.6 Å². The van der Waals surface area contributed by atoms with Crippen molar-refractivity contribution in [2.45, 2.75) is 50.7 Å². The molecule has 2 atom stereocenters. The second kappa shape index (κ2) is 6.37. The van der Waals surface area contributed by atoms with Crippen molar-refractivity contribution in [2.24, 2.45) is 5.92 Å². The molecule has 1 aromatic carbocycles. The SMILES string of the molecule is O=C(CC(O)c1ccc(Cl)cc1)N1CCCC1C1CCC1. The summed E-state index contributed by atoms with van der Waals surface area (Å²) in [4.78, 5) is 14.5. The van der Waals surface area contributed by atoms with Crippen LogP contribution in [0.4, 0.5) is 0 Å². The molecule has 1 aliphatic heterocycles. The number of hydrogen-bond acceptors (Lipinski definition) is 2. The lowest BCUT2D eigenvalue weighted by Crippen LogP contribution is -2.42. The number of nitrogens with zero attached hydrogens (tertiary/aromatic N) is 1. The molecule has 1 heterocycles.